The average Bonchev–Trinajstić information content (AvgIpc) is 2.53. The molecule has 0 aliphatic heterocycles. The van der Waals surface area contributed by atoms with Crippen molar-refractivity contribution >= 4 is 11.0 Å². The van der Waals surface area contributed by atoms with E-state index in [9.17, 15) is 4.21 Å². The zero-order valence-corrected chi connectivity index (χ0v) is 12.3. The molecule has 106 valence electrons. The van der Waals surface area contributed by atoms with Crippen LogP contribution in [-0.4, -0.2) is 18.4 Å². The molecule has 4 nitrogen and oxygen atoms in total. The Morgan fingerprint density at radius 1 is 1.00 bits per heavy atom. The molecule has 1 unspecified atom stereocenters. The Labute approximate surface area is 121 Å². The monoisotopic (exact) mass is 291 g/mol. The molecule has 2 aromatic carbocycles. The predicted octanol–water partition coefficient (Wildman–Crippen LogP) is 2.52. The fraction of sp³-hybridized carbons (Fsp3) is 0.200. The highest BCUT2D eigenvalue weighted by molar-refractivity contribution is 7.83. The lowest BCUT2D eigenvalue weighted by atomic mass is 10.2. The van der Waals surface area contributed by atoms with Crippen LogP contribution in [0, 0.1) is 0 Å². The summed E-state index contributed by atoms with van der Waals surface area (Å²) in [5, 5.41) is 0. The van der Waals surface area contributed by atoms with Crippen molar-refractivity contribution in [1.29, 1.82) is 0 Å². The molecule has 1 atom stereocenters. The van der Waals surface area contributed by atoms with Crippen molar-refractivity contribution in [3.63, 3.8) is 0 Å². The Balaban J connectivity index is 2.02. The predicted molar refractivity (Wildman–Crippen MR) is 79.2 cm³/mol. The minimum Gasteiger partial charge on any atom is -0.493 e. The second kappa shape index (κ2) is 7.07. The molecule has 0 bridgehead atoms. The van der Waals surface area contributed by atoms with E-state index in [2.05, 4.69) is 4.72 Å². The average molecular weight is 291 g/mol. The van der Waals surface area contributed by atoms with Crippen molar-refractivity contribution in [2.75, 3.05) is 14.2 Å². The first kappa shape index (κ1) is 14.6. The quantitative estimate of drug-likeness (QED) is 0.889. The highest BCUT2D eigenvalue weighted by Gasteiger charge is 2.06. The molecular formula is C15H17NO3S. The maximum atomic E-state index is 12.0. The zero-order valence-electron chi connectivity index (χ0n) is 11.5. The summed E-state index contributed by atoms with van der Waals surface area (Å²) < 4.78 is 25.4. The molecule has 2 aromatic rings. The summed E-state index contributed by atoms with van der Waals surface area (Å²) in [5.74, 6) is 1.35. The summed E-state index contributed by atoms with van der Waals surface area (Å²) in [6.07, 6.45) is 0. The topological polar surface area (TPSA) is 47.6 Å². The summed E-state index contributed by atoms with van der Waals surface area (Å²) >= 11 is 0. The molecule has 0 amide bonds. The van der Waals surface area contributed by atoms with E-state index in [1.807, 2.05) is 48.5 Å². The summed E-state index contributed by atoms with van der Waals surface area (Å²) in [6, 6.07) is 14.9. The molecule has 20 heavy (non-hydrogen) atoms. The van der Waals surface area contributed by atoms with E-state index in [4.69, 9.17) is 9.47 Å². The van der Waals surface area contributed by atoms with Crippen molar-refractivity contribution in [3.05, 3.63) is 54.1 Å². The second-order valence-electron chi connectivity index (χ2n) is 4.09. The molecule has 0 aliphatic rings. The van der Waals surface area contributed by atoms with Crippen LogP contribution in [0.15, 0.2) is 53.4 Å². The van der Waals surface area contributed by atoms with Crippen LogP contribution in [-0.2, 0) is 17.5 Å². The SMILES string of the molecule is COc1ccc(CNS(=O)c2ccccc2)cc1OC. The van der Waals surface area contributed by atoms with Gasteiger partial charge in [-0.2, -0.15) is 0 Å². The summed E-state index contributed by atoms with van der Waals surface area (Å²) in [5.41, 5.74) is 0.979. The lowest BCUT2D eigenvalue weighted by molar-refractivity contribution is 0.354. The highest BCUT2D eigenvalue weighted by Crippen LogP contribution is 2.27. The van der Waals surface area contributed by atoms with Crippen molar-refractivity contribution in [2.24, 2.45) is 0 Å². The van der Waals surface area contributed by atoms with Crippen LogP contribution in [0.4, 0.5) is 0 Å². The van der Waals surface area contributed by atoms with Crippen LogP contribution in [0.2, 0.25) is 0 Å². The molecule has 0 aromatic heterocycles. The number of hydrogen-bond donors (Lipinski definition) is 1. The van der Waals surface area contributed by atoms with Gasteiger partial charge in [-0.3, -0.25) is 0 Å². The Bertz CT molecular complexity index is 587. The van der Waals surface area contributed by atoms with Gasteiger partial charge in [0.25, 0.3) is 0 Å². The van der Waals surface area contributed by atoms with Crippen LogP contribution in [0.25, 0.3) is 0 Å². The van der Waals surface area contributed by atoms with Gasteiger partial charge < -0.3 is 9.47 Å². The first-order valence-electron chi connectivity index (χ1n) is 6.16. The van der Waals surface area contributed by atoms with Gasteiger partial charge in [-0.1, -0.05) is 24.3 Å². The van der Waals surface area contributed by atoms with E-state index in [1.54, 1.807) is 14.2 Å². The standard InChI is InChI=1S/C15H17NO3S/c1-18-14-9-8-12(10-15(14)19-2)11-16-20(17)13-6-4-3-5-7-13/h3-10,16H,11H2,1-2H3. The number of hydrogen-bond acceptors (Lipinski definition) is 3. The van der Waals surface area contributed by atoms with Crippen LogP contribution >= 0.6 is 0 Å². The molecular weight excluding hydrogens is 274 g/mol. The number of methoxy groups -OCH3 is 2. The maximum absolute atomic E-state index is 12.0. The molecule has 0 radical (unpaired) electrons. The molecule has 0 fully saturated rings. The van der Waals surface area contributed by atoms with Gasteiger partial charge in [-0.05, 0) is 29.8 Å². The van der Waals surface area contributed by atoms with Crippen LogP contribution in [0.3, 0.4) is 0 Å². The van der Waals surface area contributed by atoms with E-state index in [1.165, 1.54) is 0 Å². The van der Waals surface area contributed by atoms with Crippen LogP contribution in [0.5, 0.6) is 11.5 Å². The fourth-order valence-corrected chi connectivity index (χ4v) is 2.64. The van der Waals surface area contributed by atoms with Crippen molar-refractivity contribution in [2.45, 2.75) is 11.4 Å². The van der Waals surface area contributed by atoms with Gasteiger partial charge in [0.15, 0.2) is 11.5 Å². The lowest BCUT2D eigenvalue weighted by Gasteiger charge is -2.10. The maximum Gasteiger partial charge on any atom is 0.161 e. The normalized spacial score (nSPS) is 11.9. The van der Waals surface area contributed by atoms with E-state index in [0.717, 1.165) is 10.5 Å². The summed E-state index contributed by atoms with van der Waals surface area (Å²) in [7, 11) is 1.97. The van der Waals surface area contributed by atoms with Gasteiger partial charge in [0.05, 0.1) is 19.1 Å². The zero-order chi connectivity index (χ0) is 14.4. The molecule has 1 N–H and O–H groups in total. The Kier molecular flexibility index (Phi) is 5.15. The van der Waals surface area contributed by atoms with Crippen molar-refractivity contribution in [1.82, 2.24) is 4.72 Å². The molecule has 0 aliphatic carbocycles. The van der Waals surface area contributed by atoms with Crippen LogP contribution in [0.1, 0.15) is 5.56 Å². The Morgan fingerprint density at radius 3 is 2.35 bits per heavy atom. The third-order valence-electron chi connectivity index (χ3n) is 2.81. The minimum atomic E-state index is -1.22. The minimum absolute atomic E-state index is 0.488. The van der Waals surface area contributed by atoms with E-state index < -0.39 is 11.0 Å². The van der Waals surface area contributed by atoms with E-state index in [-0.39, 0.29) is 0 Å². The Hall–Kier alpha value is -1.85. The molecule has 0 saturated carbocycles. The van der Waals surface area contributed by atoms with Gasteiger partial charge >= 0.3 is 0 Å². The molecule has 0 spiro atoms. The fourth-order valence-electron chi connectivity index (χ4n) is 1.77. The van der Waals surface area contributed by atoms with E-state index >= 15 is 0 Å². The lowest BCUT2D eigenvalue weighted by Crippen LogP contribution is -2.16. The van der Waals surface area contributed by atoms with E-state index in [0.29, 0.717) is 18.0 Å². The Morgan fingerprint density at radius 2 is 1.70 bits per heavy atom. The second-order valence-corrected chi connectivity index (χ2v) is 5.39. The largest absolute Gasteiger partial charge is 0.493 e. The van der Waals surface area contributed by atoms with Crippen molar-refractivity contribution in [3.8, 4) is 11.5 Å². The van der Waals surface area contributed by atoms with Gasteiger partial charge in [-0.15, -0.1) is 0 Å². The smallest absolute Gasteiger partial charge is 0.161 e. The van der Waals surface area contributed by atoms with Gasteiger partial charge in [0, 0.05) is 6.54 Å². The number of ether oxygens (including phenoxy) is 2. The number of benzene rings is 2. The van der Waals surface area contributed by atoms with Gasteiger partial charge in [0.2, 0.25) is 0 Å². The number of rotatable bonds is 6. The first-order chi connectivity index (χ1) is 9.74. The summed E-state index contributed by atoms with van der Waals surface area (Å²) in [6.45, 7) is 0.488. The van der Waals surface area contributed by atoms with Gasteiger partial charge in [-0.25, -0.2) is 8.93 Å². The molecule has 0 heterocycles. The summed E-state index contributed by atoms with van der Waals surface area (Å²) in [4.78, 5) is 0.757. The molecule has 2 rings (SSSR count). The third kappa shape index (κ3) is 3.59. The highest BCUT2D eigenvalue weighted by atomic mass is 32.2. The van der Waals surface area contributed by atoms with Crippen molar-refractivity contribution < 1.29 is 13.7 Å². The number of nitrogens with one attached hydrogen (secondary N) is 1. The molecule has 0 saturated heterocycles. The van der Waals surface area contributed by atoms with Gasteiger partial charge in [0.1, 0.15) is 11.0 Å². The third-order valence-corrected chi connectivity index (χ3v) is 3.92. The van der Waals surface area contributed by atoms with Crippen LogP contribution < -0.4 is 14.2 Å². The first-order valence-corrected chi connectivity index (χ1v) is 7.31. The molecule has 5 heteroatoms.